The monoisotopic (exact) mass is 195 g/mol. The van der Waals surface area contributed by atoms with E-state index in [9.17, 15) is 0 Å². The molecule has 0 heterocycles. The van der Waals surface area contributed by atoms with Crippen LogP contribution in [0.4, 0.5) is 0 Å². The van der Waals surface area contributed by atoms with Crippen LogP contribution >= 0.6 is 0 Å². The normalized spacial score (nSPS) is 29.6. The summed E-state index contributed by atoms with van der Waals surface area (Å²) >= 11 is 0. The molecule has 2 aliphatic rings. The Labute approximate surface area is 88.4 Å². The summed E-state index contributed by atoms with van der Waals surface area (Å²) in [6.07, 6.45) is 12.7. The largest absolute Gasteiger partial charge is 0.327 e. The van der Waals surface area contributed by atoms with Gasteiger partial charge in [-0.3, -0.25) is 0 Å². The van der Waals surface area contributed by atoms with E-state index in [1.165, 1.54) is 57.8 Å². The van der Waals surface area contributed by atoms with Gasteiger partial charge in [0, 0.05) is 6.04 Å². The van der Waals surface area contributed by atoms with Gasteiger partial charge in [0.15, 0.2) is 0 Å². The van der Waals surface area contributed by atoms with Crippen LogP contribution in [0.5, 0.6) is 0 Å². The molecule has 1 atom stereocenters. The van der Waals surface area contributed by atoms with Crippen molar-refractivity contribution in [1.82, 2.24) is 0 Å². The van der Waals surface area contributed by atoms with Crippen LogP contribution < -0.4 is 5.73 Å². The van der Waals surface area contributed by atoms with Gasteiger partial charge in [-0.25, -0.2) is 0 Å². The van der Waals surface area contributed by atoms with Gasteiger partial charge in [-0.05, 0) is 30.6 Å². The summed E-state index contributed by atoms with van der Waals surface area (Å²) in [5.74, 6) is 0.961. The van der Waals surface area contributed by atoms with Crippen molar-refractivity contribution in [3.8, 4) is 0 Å². The highest BCUT2D eigenvalue weighted by Crippen LogP contribution is 2.42. The van der Waals surface area contributed by atoms with E-state index in [2.05, 4.69) is 6.92 Å². The summed E-state index contributed by atoms with van der Waals surface area (Å²) < 4.78 is 0. The first-order chi connectivity index (χ1) is 6.71. The Kier molecular flexibility index (Phi) is 3.16. The first kappa shape index (κ1) is 10.5. The van der Waals surface area contributed by atoms with Gasteiger partial charge in [-0.1, -0.05) is 45.4 Å². The summed E-state index contributed by atoms with van der Waals surface area (Å²) in [4.78, 5) is 0. The molecule has 0 aromatic rings. The average Bonchev–Trinajstić information content (AvgIpc) is 2.76. The maximum Gasteiger partial charge on any atom is 0.00955 e. The Balaban J connectivity index is 1.84. The van der Waals surface area contributed by atoms with Crippen molar-refractivity contribution in [3.63, 3.8) is 0 Å². The van der Waals surface area contributed by atoms with Crippen molar-refractivity contribution < 1.29 is 0 Å². The summed E-state index contributed by atoms with van der Waals surface area (Å²) in [5.41, 5.74) is 6.88. The molecule has 82 valence electrons. The SMILES string of the molecule is CC1(C(N)CC2CCCC2)CCCC1. The van der Waals surface area contributed by atoms with E-state index < -0.39 is 0 Å². The zero-order valence-corrected chi connectivity index (χ0v) is 9.60. The van der Waals surface area contributed by atoms with E-state index in [-0.39, 0.29) is 0 Å². The molecule has 1 unspecified atom stereocenters. The van der Waals surface area contributed by atoms with Crippen LogP contribution in [0.3, 0.4) is 0 Å². The number of rotatable bonds is 3. The molecule has 0 aromatic carbocycles. The molecule has 2 saturated carbocycles. The van der Waals surface area contributed by atoms with Crippen molar-refractivity contribution in [1.29, 1.82) is 0 Å². The van der Waals surface area contributed by atoms with Crippen LogP contribution in [0.2, 0.25) is 0 Å². The maximum absolute atomic E-state index is 6.39. The Morgan fingerprint density at radius 2 is 1.71 bits per heavy atom. The second-order valence-corrected chi connectivity index (χ2v) is 5.85. The van der Waals surface area contributed by atoms with E-state index in [1.54, 1.807) is 0 Å². The molecule has 0 spiro atoms. The van der Waals surface area contributed by atoms with E-state index in [1.807, 2.05) is 0 Å². The van der Waals surface area contributed by atoms with Gasteiger partial charge in [-0.15, -0.1) is 0 Å². The molecule has 2 fully saturated rings. The third kappa shape index (κ3) is 2.13. The lowest BCUT2D eigenvalue weighted by molar-refractivity contribution is 0.226. The van der Waals surface area contributed by atoms with Gasteiger partial charge in [-0.2, -0.15) is 0 Å². The highest BCUT2D eigenvalue weighted by atomic mass is 14.7. The predicted octanol–water partition coefficient (Wildman–Crippen LogP) is 3.47. The topological polar surface area (TPSA) is 26.0 Å². The first-order valence-corrected chi connectivity index (χ1v) is 6.46. The summed E-state index contributed by atoms with van der Waals surface area (Å²) in [7, 11) is 0. The van der Waals surface area contributed by atoms with Gasteiger partial charge < -0.3 is 5.73 Å². The van der Waals surface area contributed by atoms with Gasteiger partial charge in [0.25, 0.3) is 0 Å². The smallest absolute Gasteiger partial charge is 0.00955 e. The fraction of sp³-hybridized carbons (Fsp3) is 1.00. The molecule has 0 aliphatic heterocycles. The number of nitrogens with two attached hydrogens (primary N) is 1. The minimum absolute atomic E-state index is 0.480. The van der Waals surface area contributed by atoms with E-state index in [4.69, 9.17) is 5.73 Å². The van der Waals surface area contributed by atoms with Gasteiger partial charge in [0.2, 0.25) is 0 Å². The molecule has 0 radical (unpaired) electrons. The molecule has 0 saturated heterocycles. The average molecular weight is 195 g/mol. The maximum atomic E-state index is 6.39. The van der Waals surface area contributed by atoms with Crippen LogP contribution in [-0.4, -0.2) is 6.04 Å². The summed E-state index contributed by atoms with van der Waals surface area (Å²) in [5, 5.41) is 0. The van der Waals surface area contributed by atoms with Crippen LogP contribution in [0, 0.1) is 11.3 Å². The highest BCUT2D eigenvalue weighted by molar-refractivity contribution is 4.91. The second-order valence-electron chi connectivity index (χ2n) is 5.85. The van der Waals surface area contributed by atoms with Crippen LogP contribution in [-0.2, 0) is 0 Å². The minimum Gasteiger partial charge on any atom is -0.327 e. The lowest BCUT2D eigenvalue weighted by Crippen LogP contribution is -2.38. The molecule has 1 nitrogen and oxygen atoms in total. The predicted molar refractivity (Wildman–Crippen MR) is 61.1 cm³/mol. The summed E-state index contributed by atoms with van der Waals surface area (Å²) in [6.45, 7) is 2.42. The standard InChI is InChI=1S/C13H25N/c1-13(8-4-5-9-13)12(14)10-11-6-2-3-7-11/h11-12H,2-10,14H2,1H3. The zero-order valence-electron chi connectivity index (χ0n) is 9.60. The zero-order chi connectivity index (χ0) is 10.0. The molecule has 1 heteroatoms. The van der Waals surface area contributed by atoms with Crippen LogP contribution in [0.25, 0.3) is 0 Å². The molecule has 14 heavy (non-hydrogen) atoms. The molecule has 0 aromatic heterocycles. The molecular formula is C13H25N. The van der Waals surface area contributed by atoms with E-state index in [0.717, 1.165) is 5.92 Å². The van der Waals surface area contributed by atoms with Gasteiger partial charge in [0.1, 0.15) is 0 Å². The number of hydrogen-bond donors (Lipinski definition) is 1. The molecule has 2 aliphatic carbocycles. The van der Waals surface area contributed by atoms with Gasteiger partial charge in [0.05, 0.1) is 0 Å². The molecular weight excluding hydrogens is 170 g/mol. The van der Waals surface area contributed by atoms with Crippen LogP contribution in [0.1, 0.15) is 64.7 Å². The van der Waals surface area contributed by atoms with Crippen molar-refractivity contribution in [2.45, 2.75) is 70.8 Å². The Morgan fingerprint density at radius 3 is 2.29 bits per heavy atom. The lowest BCUT2D eigenvalue weighted by atomic mass is 9.77. The Bertz CT molecular complexity index is 176. The van der Waals surface area contributed by atoms with Crippen molar-refractivity contribution in [3.05, 3.63) is 0 Å². The molecule has 2 rings (SSSR count). The Morgan fingerprint density at radius 1 is 1.14 bits per heavy atom. The Hall–Kier alpha value is -0.0400. The van der Waals surface area contributed by atoms with E-state index in [0.29, 0.717) is 11.5 Å². The first-order valence-electron chi connectivity index (χ1n) is 6.46. The quantitative estimate of drug-likeness (QED) is 0.733. The molecule has 0 bridgehead atoms. The molecule has 2 N–H and O–H groups in total. The second kappa shape index (κ2) is 4.22. The fourth-order valence-corrected chi connectivity index (χ4v) is 3.44. The van der Waals surface area contributed by atoms with Crippen molar-refractivity contribution in [2.75, 3.05) is 0 Å². The van der Waals surface area contributed by atoms with Gasteiger partial charge >= 0.3 is 0 Å². The third-order valence-electron chi connectivity index (χ3n) is 4.70. The fourth-order valence-electron chi connectivity index (χ4n) is 3.44. The third-order valence-corrected chi connectivity index (χ3v) is 4.70. The van der Waals surface area contributed by atoms with Crippen LogP contribution in [0.15, 0.2) is 0 Å². The van der Waals surface area contributed by atoms with Crippen molar-refractivity contribution >= 4 is 0 Å². The number of hydrogen-bond acceptors (Lipinski definition) is 1. The highest BCUT2D eigenvalue weighted by Gasteiger charge is 2.36. The summed E-state index contributed by atoms with van der Waals surface area (Å²) in [6, 6.07) is 0.480. The lowest BCUT2D eigenvalue weighted by Gasteiger charge is -2.32. The van der Waals surface area contributed by atoms with E-state index >= 15 is 0 Å². The minimum atomic E-state index is 0.480. The molecule has 0 amide bonds. The van der Waals surface area contributed by atoms with Crippen molar-refractivity contribution in [2.24, 2.45) is 17.1 Å².